The number of benzene rings is 3. The topological polar surface area (TPSA) is 64.3 Å². The Bertz CT molecular complexity index is 1170. The molecule has 0 aromatic heterocycles. The fourth-order valence-electron chi connectivity index (χ4n) is 5.34. The van der Waals surface area contributed by atoms with Gasteiger partial charge in [0.05, 0.1) is 16.4 Å². The molecule has 3 N–H and O–H groups in total. The summed E-state index contributed by atoms with van der Waals surface area (Å²) in [6.45, 7) is 2.73. The maximum absolute atomic E-state index is 13.5. The number of para-hydroxylation sites is 1. The van der Waals surface area contributed by atoms with Gasteiger partial charge in [0, 0.05) is 24.1 Å². The van der Waals surface area contributed by atoms with Crippen LogP contribution in [0.1, 0.15) is 80.6 Å². The Labute approximate surface area is 226 Å². The third-order valence-electron chi connectivity index (χ3n) is 7.44. The molecule has 0 amide bonds. The SMILES string of the molecule is CCCC(CCC1CCCCC1)C(=O)c1cccc(CNc2cc(Oc3ccccc3Cl)ccc2N)c1. The summed E-state index contributed by atoms with van der Waals surface area (Å²) in [4.78, 5) is 13.5. The lowest BCUT2D eigenvalue weighted by Gasteiger charge is -2.24. The molecule has 0 radical (unpaired) electrons. The van der Waals surface area contributed by atoms with E-state index < -0.39 is 0 Å². The van der Waals surface area contributed by atoms with Gasteiger partial charge in [0.1, 0.15) is 11.5 Å². The smallest absolute Gasteiger partial charge is 0.165 e. The Kier molecular flexibility index (Phi) is 9.90. The van der Waals surface area contributed by atoms with E-state index in [1.807, 2.05) is 60.7 Å². The molecule has 1 aliphatic carbocycles. The van der Waals surface area contributed by atoms with Crippen molar-refractivity contribution in [2.45, 2.75) is 71.3 Å². The lowest BCUT2D eigenvalue weighted by Crippen LogP contribution is -2.17. The number of anilines is 2. The molecule has 1 saturated carbocycles. The number of carbonyl (C=O) groups is 1. The summed E-state index contributed by atoms with van der Waals surface area (Å²) >= 11 is 6.23. The number of hydrogen-bond donors (Lipinski definition) is 2. The number of hydrogen-bond acceptors (Lipinski definition) is 4. The molecule has 5 heteroatoms. The van der Waals surface area contributed by atoms with Crippen LogP contribution >= 0.6 is 11.6 Å². The normalized spacial score (nSPS) is 14.8. The van der Waals surface area contributed by atoms with Gasteiger partial charge in [-0.25, -0.2) is 0 Å². The monoisotopic (exact) mass is 518 g/mol. The number of rotatable bonds is 12. The largest absolute Gasteiger partial charge is 0.456 e. The van der Waals surface area contributed by atoms with Gasteiger partial charge in [0.2, 0.25) is 0 Å². The van der Waals surface area contributed by atoms with Crippen LogP contribution < -0.4 is 15.8 Å². The van der Waals surface area contributed by atoms with Crippen LogP contribution in [0.3, 0.4) is 0 Å². The molecule has 37 heavy (non-hydrogen) atoms. The Hall–Kier alpha value is -2.98. The van der Waals surface area contributed by atoms with Gasteiger partial charge in [-0.1, -0.05) is 87.4 Å². The number of Topliss-reactive ketones (excluding diaryl/α,β-unsaturated/α-hetero) is 1. The number of ketones is 1. The summed E-state index contributed by atoms with van der Waals surface area (Å²) in [5.74, 6) is 2.45. The highest BCUT2D eigenvalue weighted by atomic mass is 35.5. The Morgan fingerprint density at radius 3 is 2.62 bits per heavy atom. The molecular formula is C32H39ClN2O2. The second kappa shape index (κ2) is 13.5. The van der Waals surface area contributed by atoms with E-state index in [1.54, 1.807) is 6.07 Å². The average Bonchev–Trinajstić information content (AvgIpc) is 2.93. The number of halogens is 1. The summed E-state index contributed by atoms with van der Waals surface area (Å²) in [6.07, 6.45) is 10.9. The van der Waals surface area contributed by atoms with Gasteiger partial charge in [-0.2, -0.15) is 0 Å². The van der Waals surface area contributed by atoms with Crippen molar-refractivity contribution < 1.29 is 9.53 Å². The van der Waals surface area contributed by atoms with Crippen molar-refractivity contribution in [1.29, 1.82) is 0 Å². The lowest BCUT2D eigenvalue weighted by molar-refractivity contribution is 0.0898. The standard InChI is InChI=1S/C32H39ClN2O2/c1-2-9-25(17-16-23-10-4-3-5-11-23)32(36)26-13-8-12-24(20-26)22-35-30-21-27(18-19-29(30)34)37-31-15-7-6-14-28(31)33/h6-8,12-15,18-21,23,25,35H,2-5,9-11,16-17,22,34H2,1H3. The van der Waals surface area contributed by atoms with Crippen LogP contribution in [0, 0.1) is 11.8 Å². The van der Waals surface area contributed by atoms with Crippen LogP contribution in [0.2, 0.25) is 5.02 Å². The zero-order valence-corrected chi connectivity index (χ0v) is 22.6. The molecule has 0 heterocycles. The first-order valence-electron chi connectivity index (χ1n) is 13.7. The summed E-state index contributed by atoms with van der Waals surface area (Å²) in [7, 11) is 0. The van der Waals surface area contributed by atoms with Gasteiger partial charge in [0.15, 0.2) is 5.78 Å². The molecular weight excluding hydrogens is 480 g/mol. The zero-order chi connectivity index (χ0) is 26.0. The van der Waals surface area contributed by atoms with Crippen LogP contribution in [0.15, 0.2) is 66.7 Å². The van der Waals surface area contributed by atoms with E-state index in [2.05, 4.69) is 12.2 Å². The molecule has 0 aliphatic heterocycles. The number of nitrogens with one attached hydrogen (secondary N) is 1. The highest BCUT2D eigenvalue weighted by Crippen LogP contribution is 2.33. The number of ether oxygens (including phenoxy) is 1. The van der Waals surface area contributed by atoms with E-state index >= 15 is 0 Å². The Balaban J connectivity index is 1.39. The van der Waals surface area contributed by atoms with Gasteiger partial charge in [-0.05, 0) is 61.1 Å². The van der Waals surface area contributed by atoms with E-state index in [0.717, 1.165) is 42.0 Å². The molecule has 3 aromatic rings. The molecule has 0 bridgehead atoms. The van der Waals surface area contributed by atoms with Crippen molar-refractivity contribution in [3.05, 3.63) is 82.9 Å². The van der Waals surface area contributed by atoms with Crippen molar-refractivity contribution in [2.24, 2.45) is 11.8 Å². The summed E-state index contributed by atoms with van der Waals surface area (Å²) < 4.78 is 5.95. The van der Waals surface area contributed by atoms with E-state index in [9.17, 15) is 4.79 Å². The maximum atomic E-state index is 13.5. The molecule has 4 rings (SSSR count). The lowest BCUT2D eigenvalue weighted by atomic mass is 9.81. The second-order valence-electron chi connectivity index (χ2n) is 10.3. The number of nitrogen functional groups attached to an aromatic ring is 1. The van der Waals surface area contributed by atoms with Crippen LogP contribution in [0.25, 0.3) is 0 Å². The van der Waals surface area contributed by atoms with Crippen molar-refractivity contribution in [1.82, 2.24) is 0 Å². The van der Waals surface area contributed by atoms with Crippen molar-refractivity contribution in [3.8, 4) is 11.5 Å². The fraction of sp³-hybridized carbons (Fsp3) is 0.406. The molecule has 1 atom stereocenters. The van der Waals surface area contributed by atoms with Crippen LogP contribution in [0.4, 0.5) is 11.4 Å². The Morgan fingerprint density at radius 1 is 1.03 bits per heavy atom. The van der Waals surface area contributed by atoms with E-state index in [1.165, 1.54) is 38.5 Å². The summed E-state index contributed by atoms with van der Waals surface area (Å²) in [5, 5.41) is 3.96. The van der Waals surface area contributed by atoms with E-state index in [0.29, 0.717) is 28.8 Å². The predicted molar refractivity (Wildman–Crippen MR) is 155 cm³/mol. The van der Waals surface area contributed by atoms with E-state index in [4.69, 9.17) is 22.1 Å². The van der Waals surface area contributed by atoms with Crippen molar-refractivity contribution in [3.63, 3.8) is 0 Å². The summed E-state index contributed by atoms with van der Waals surface area (Å²) in [5.41, 5.74) is 9.49. The highest BCUT2D eigenvalue weighted by Gasteiger charge is 2.22. The first-order chi connectivity index (χ1) is 18.0. The average molecular weight is 519 g/mol. The molecule has 0 saturated heterocycles. The molecule has 1 unspecified atom stereocenters. The van der Waals surface area contributed by atoms with Crippen LogP contribution in [0.5, 0.6) is 11.5 Å². The third kappa shape index (κ3) is 7.75. The molecule has 1 aliphatic rings. The number of nitrogens with two attached hydrogens (primary N) is 1. The van der Waals surface area contributed by atoms with Gasteiger partial charge in [-0.15, -0.1) is 0 Å². The Morgan fingerprint density at radius 2 is 1.84 bits per heavy atom. The molecule has 1 fully saturated rings. The quantitative estimate of drug-likeness (QED) is 0.185. The minimum absolute atomic E-state index is 0.115. The second-order valence-corrected chi connectivity index (χ2v) is 10.7. The maximum Gasteiger partial charge on any atom is 0.165 e. The molecule has 0 spiro atoms. The zero-order valence-electron chi connectivity index (χ0n) is 21.8. The van der Waals surface area contributed by atoms with Gasteiger partial charge in [0.25, 0.3) is 0 Å². The minimum atomic E-state index is 0.115. The molecule has 4 nitrogen and oxygen atoms in total. The molecule has 3 aromatic carbocycles. The summed E-state index contributed by atoms with van der Waals surface area (Å²) in [6, 6.07) is 20.9. The van der Waals surface area contributed by atoms with Gasteiger partial charge < -0.3 is 15.8 Å². The van der Waals surface area contributed by atoms with E-state index in [-0.39, 0.29) is 11.7 Å². The third-order valence-corrected chi connectivity index (χ3v) is 7.75. The van der Waals surface area contributed by atoms with Crippen molar-refractivity contribution in [2.75, 3.05) is 11.1 Å². The first kappa shape index (κ1) is 27.1. The predicted octanol–water partition coefficient (Wildman–Crippen LogP) is 9.29. The van der Waals surface area contributed by atoms with Crippen molar-refractivity contribution >= 4 is 28.8 Å². The van der Waals surface area contributed by atoms with Crippen LogP contribution in [-0.4, -0.2) is 5.78 Å². The minimum Gasteiger partial charge on any atom is -0.456 e. The highest BCUT2D eigenvalue weighted by molar-refractivity contribution is 6.32. The fourth-order valence-corrected chi connectivity index (χ4v) is 5.52. The molecule has 196 valence electrons. The van der Waals surface area contributed by atoms with Gasteiger partial charge in [-0.3, -0.25) is 4.79 Å². The first-order valence-corrected chi connectivity index (χ1v) is 14.1. The number of carbonyl (C=O) groups excluding carboxylic acids is 1. The van der Waals surface area contributed by atoms with Gasteiger partial charge >= 0.3 is 0 Å². The van der Waals surface area contributed by atoms with Crippen LogP contribution in [-0.2, 0) is 6.54 Å².